The Balaban J connectivity index is 1.01. The molecule has 9 aliphatic rings. The summed E-state index contributed by atoms with van der Waals surface area (Å²) in [4.78, 5) is 51.7. The molecule has 50 heteroatoms. The van der Waals surface area contributed by atoms with Gasteiger partial charge in [0.25, 0.3) is 5.79 Å². The highest BCUT2D eigenvalue weighted by molar-refractivity contribution is 5.77. The normalized spacial score (nSPS) is 49.2. The second-order valence-corrected chi connectivity index (χ2v) is 28.9. The molecular weight excluding hydrogens is 1550 g/mol. The average Bonchev–Trinajstić information content (AvgIpc) is 0.744. The van der Waals surface area contributed by atoms with Crippen molar-refractivity contribution in [2.24, 2.45) is 0 Å². The van der Waals surface area contributed by atoms with Gasteiger partial charge < -0.3 is 229 Å². The third-order valence-corrected chi connectivity index (χ3v) is 20.8. The lowest BCUT2D eigenvalue weighted by Gasteiger charge is -2.52. The van der Waals surface area contributed by atoms with Gasteiger partial charge in [-0.2, -0.15) is 0 Å². The van der Waals surface area contributed by atoms with Crippen LogP contribution in [0.1, 0.15) is 41.0 Å². The van der Waals surface area contributed by atoms with E-state index >= 15 is 0 Å². The number of carbonyl (C=O) groups is 4. The van der Waals surface area contributed by atoms with Crippen molar-refractivity contribution < 1.29 is 232 Å². The minimum absolute atomic E-state index is 0.828. The second-order valence-electron chi connectivity index (χ2n) is 28.9. The van der Waals surface area contributed by atoms with E-state index in [0.717, 1.165) is 20.8 Å². The van der Waals surface area contributed by atoms with Crippen LogP contribution < -0.4 is 16.0 Å². The Morgan fingerprint density at radius 2 is 0.788 bits per heavy atom. The number of carbonyl (C=O) groups excluding carboxylic acids is 3. The number of hydrogen-bond donors (Lipinski definition) is 29. The largest absolute Gasteiger partial charge is 0.477 e. The highest BCUT2D eigenvalue weighted by Crippen LogP contribution is 2.41. The summed E-state index contributed by atoms with van der Waals surface area (Å²) < 4.78 is 101. The van der Waals surface area contributed by atoms with Crippen LogP contribution in [0, 0.1) is 0 Å². The molecule has 1 unspecified atom stereocenters. The van der Waals surface area contributed by atoms with Crippen LogP contribution in [-0.4, -0.2) is 484 Å². The van der Waals surface area contributed by atoms with E-state index in [4.69, 9.17) is 80.5 Å². The third-order valence-electron chi connectivity index (χ3n) is 20.8. The molecule has 0 aromatic rings. The van der Waals surface area contributed by atoms with Gasteiger partial charge in [-0.05, 0) is 13.8 Å². The third kappa shape index (κ3) is 20.3. The maximum absolute atomic E-state index is 13.6. The molecule has 0 aromatic carbocycles. The summed E-state index contributed by atoms with van der Waals surface area (Å²) in [5.41, 5.74) is 0. The minimum atomic E-state index is -3.06. The van der Waals surface area contributed by atoms with Crippen molar-refractivity contribution in [3.05, 3.63) is 0 Å². The van der Waals surface area contributed by atoms with Crippen LogP contribution in [0.5, 0.6) is 0 Å². The van der Waals surface area contributed by atoms with Crippen molar-refractivity contribution in [2.45, 2.75) is 323 Å². The van der Waals surface area contributed by atoms with Crippen LogP contribution in [0.4, 0.5) is 0 Å². The van der Waals surface area contributed by atoms with Gasteiger partial charge in [-0.25, -0.2) is 4.79 Å². The van der Waals surface area contributed by atoms with E-state index < -0.39 is 358 Å². The van der Waals surface area contributed by atoms with Gasteiger partial charge >= 0.3 is 5.97 Å². The topological polar surface area (TPSA) is 787 Å². The number of nitrogens with one attached hydrogen (secondary N) is 3. The Hall–Kier alpha value is -3.80. The fourth-order valence-electron chi connectivity index (χ4n) is 14.5. The highest BCUT2D eigenvalue weighted by Gasteiger charge is 2.62. The summed E-state index contributed by atoms with van der Waals surface area (Å²) in [7, 11) is 0. The molecule has 0 spiro atoms. The lowest BCUT2D eigenvalue weighted by Crippen LogP contribution is -2.71. The van der Waals surface area contributed by atoms with Gasteiger partial charge in [-0.3, -0.25) is 14.4 Å². The average molecular weight is 1660 g/mol. The summed E-state index contributed by atoms with van der Waals surface area (Å²) in [6.07, 6.45) is -88.6. The number of rotatable bonds is 29. The molecule has 654 valence electrons. The van der Waals surface area contributed by atoms with E-state index in [-0.39, 0.29) is 0 Å². The molecule has 29 N–H and O–H groups in total. The Morgan fingerprint density at radius 1 is 0.381 bits per heavy atom. The standard InChI is InChI=1S/C63H105N3O47/c1-14-30(77)37(84)43(90)57(99-14)110-51-29(66-18(5)74)56(104-24(11-71)49(51)109-61-53(40(87)33(80)21(8-68)102-61)112-58-44(91)38(85)31(78)15(2)100-58)111-52-35(82)25(105-60(46(52)93)108-48-22(9-69)101-54(94)42(89)41(48)88)12-97-55-28(65-17(4)73)36(83)47(23(10-70)103-55)107-59-45(92)39(86)34(81)26(106-59)13-98-63(62(95)96)6-19(75)27(64-16(3)72)50(113-63)32(79)20(76)7-67/h14-15,19-61,67-71,75-94H,6-13H2,1-5H3,(H,64,72)(H,65,73)(H,66,74)(H,95,96)/t14-,15-,19-,20+,21+,22+,23+,24+,25+,26+,27+,28+,29+,30+,31+,32+,33-,34-,35-,36+,37+,38+,39-,40-,41+,42+,43-,44-,45+,46+,47+,48+,49+,50+,51+,52-,53+,54?,55+,56-,57-,58-,59-,60-,61-,63+/m0/s1. The van der Waals surface area contributed by atoms with E-state index in [1.54, 1.807) is 0 Å². The first-order valence-corrected chi connectivity index (χ1v) is 36.0. The van der Waals surface area contributed by atoms with Crippen molar-refractivity contribution >= 4 is 23.7 Å². The van der Waals surface area contributed by atoms with Crippen molar-refractivity contribution in [1.29, 1.82) is 0 Å². The summed E-state index contributed by atoms with van der Waals surface area (Å²) in [5, 5.41) is 294. The summed E-state index contributed by atoms with van der Waals surface area (Å²) in [6, 6.07) is -5.67. The smallest absolute Gasteiger partial charge is 0.364 e. The summed E-state index contributed by atoms with van der Waals surface area (Å²) in [6.45, 7) is -2.81. The van der Waals surface area contributed by atoms with Gasteiger partial charge in [-0.1, -0.05) is 0 Å². The molecule has 46 atom stereocenters. The number of carboxylic acid groups (broad SMARTS) is 1. The van der Waals surface area contributed by atoms with Gasteiger partial charge in [0.05, 0.1) is 70.6 Å². The molecule has 113 heavy (non-hydrogen) atoms. The SMILES string of the molecule is CC(=O)N[C@H]1[C@H](OC[C@H]2O[C@@H](O[C@H]3[C@H](O)[C@@H](O)C(O)O[C@@H]3CO)[C@H](O)[C@@H](O[C@@H]3O[C@H](CO)[C@@H](O[C@@H]4O[C@H](CO)[C@H](O)[C@H](O)[C@H]4O[C@@H]4O[C@@H](C)[C@@H](O)[C@@H](O)[C@@H]4O)[C@H](O[C@@H]4O[C@@H](C)[C@@H](O)[C@@H](O)[C@@H]4O)[C@H]3NC(C)=O)[C@H]2O)O[C@H](CO)[C@@H](O[C@@H]2O[C@H](CO[C@]3(C(=O)O)C[C@H](O)[C@@H](NC(C)=O)[C@H]([C@H](O)[C@H](O)CO)O3)[C@H](O)[C@H](O)[C@H]2O)[C@@H]1O. The van der Waals surface area contributed by atoms with Crippen LogP contribution in [-0.2, 0) is 99.7 Å². The number of aliphatic hydroxyl groups excluding tert-OH is 25. The Morgan fingerprint density at radius 3 is 1.32 bits per heavy atom. The van der Waals surface area contributed by atoms with Crippen LogP contribution in [0.15, 0.2) is 0 Å². The van der Waals surface area contributed by atoms with Crippen LogP contribution in [0.2, 0.25) is 0 Å². The molecular formula is C63H105N3O47. The molecule has 50 nitrogen and oxygen atoms in total. The molecule has 9 saturated heterocycles. The quantitative estimate of drug-likeness (QED) is 0.0331. The Labute approximate surface area is 639 Å². The molecule has 0 aliphatic carbocycles. The first kappa shape index (κ1) is 93.1. The maximum Gasteiger partial charge on any atom is 0.364 e. The molecule has 9 rings (SSSR count). The van der Waals surface area contributed by atoms with Gasteiger partial charge in [-0.15, -0.1) is 0 Å². The van der Waals surface area contributed by atoms with Gasteiger partial charge in [0.2, 0.25) is 17.7 Å². The van der Waals surface area contributed by atoms with Crippen LogP contribution in [0.3, 0.4) is 0 Å². The monoisotopic (exact) mass is 1660 g/mol. The van der Waals surface area contributed by atoms with E-state index in [1.807, 2.05) is 0 Å². The zero-order chi connectivity index (χ0) is 83.6. The molecule has 9 heterocycles. The lowest BCUT2D eigenvalue weighted by molar-refractivity contribution is -0.401. The predicted octanol–water partition coefficient (Wildman–Crippen LogP) is -18.9. The van der Waals surface area contributed by atoms with Crippen molar-refractivity contribution in [3.8, 4) is 0 Å². The molecule has 0 bridgehead atoms. The second kappa shape index (κ2) is 39.6. The van der Waals surface area contributed by atoms with Gasteiger partial charge in [0, 0.05) is 27.2 Å². The molecule has 0 aromatic heterocycles. The molecule has 0 radical (unpaired) electrons. The fourth-order valence-corrected chi connectivity index (χ4v) is 14.5. The number of amides is 3. The lowest BCUT2D eigenvalue weighted by atomic mass is 9.88. The van der Waals surface area contributed by atoms with E-state index in [1.165, 1.54) is 13.8 Å². The summed E-state index contributed by atoms with van der Waals surface area (Å²) in [5.74, 6) is -7.91. The Bertz CT molecular complexity index is 3040. The number of aliphatic hydroxyl groups is 25. The van der Waals surface area contributed by atoms with Gasteiger partial charge in [0.1, 0.15) is 201 Å². The van der Waals surface area contributed by atoms with Crippen molar-refractivity contribution in [3.63, 3.8) is 0 Å². The highest BCUT2D eigenvalue weighted by atomic mass is 16.8. The van der Waals surface area contributed by atoms with Crippen molar-refractivity contribution in [1.82, 2.24) is 16.0 Å². The molecule has 0 saturated carbocycles. The first-order valence-electron chi connectivity index (χ1n) is 36.0. The van der Waals surface area contributed by atoms with E-state index in [2.05, 4.69) is 16.0 Å². The zero-order valence-electron chi connectivity index (χ0n) is 60.8. The maximum atomic E-state index is 13.6. The van der Waals surface area contributed by atoms with Crippen LogP contribution in [0.25, 0.3) is 0 Å². The number of hydrogen-bond acceptors (Lipinski definition) is 46. The van der Waals surface area contributed by atoms with E-state index in [9.17, 15) is 152 Å². The van der Waals surface area contributed by atoms with E-state index in [0.29, 0.717) is 0 Å². The minimum Gasteiger partial charge on any atom is -0.477 e. The Kier molecular flexibility index (Phi) is 32.6. The number of ether oxygens (including phenoxy) is 17. The first-order chi connectivity index (χ1) is 53.2. The van der Waals surface area contributed by atoms with Crippen molar-refractivity contribution in [2.75, 3.05) is 46.2 Å². The van der Waals surface area contributed by atoms with Gasteiger partial charge in [0.15, 0.2) is 50.3 Å². The molecule has 9 aliphatic heterocycles. The number of carboxylic acids is 1. The molecule has 9 fully saturated rings. The fraction of sp³-hybridized carbons (Fsp3) is 0.937. The van der Waals surface area contributed by atoms with Crippen LogP contribution >= 0.6 is 0 Å². The molecule has 3 amide bonds. The number of aliphatic carboxylic acids is 1. The summed E-state index contributed by atoms with van der Waals surface area (Å²) >= 11 is 0. The zero-order valence-corrected chi connectivity index (χ0v) is 60.8. The predicted molar refractivity (Wildman–Crippen MR) is 346 cm³/mol.